The van der Waals surface area contributed by atoms with Gasteiger partial charge < -0.3 is 10.2 Å². The predicted octanol–water partition coefficient (Wildman–Crippen LogP) is 2.16. The number of hydrogen-bond acceptors (Lipinski definition) is 8. The molecule has 174 valence electrons. The van der Waals surface area contributed by atoms with Gasteiger partial charge in [0.1, 0.15) is 4.88 Å². The van der Waals surface area contributed by atoms with Gasteiger partial charge in [-0.3, -0.25) is 10.0 Å². The molecule has 3 aromatic rings. The van der Waals surface area contributed by atoms with Crippen LogP contribution >= 0.6 is 11.3 Å². The van der Waals surface area contributed by atoms with Gasteiger partial charge in [0.05, 0.1) is 11.1 Å². The minimum absolute atomic E-state index is 0.288. The van der Waals surface area contributed by atoms with E-state index in [9.17, 15) is 13.2 Å². The lowest BCUT2D eigenvalue weighted by Gasteiger charge is -2.34. The smallest absolute Gasteiger partial charge is 0.286 e. The minimum Gasteiger partial charge on any atom is -0.345 e. The van der Waals surface area contributed by atoms with Gasteiger partial charge >= 0.3 is 0 Å². The molecule has 0 aliphatic carbocycles. The van der Waals surface area contributed by atoms with E-state index in [1.807, 2.05) is 48.3 Å². The molecule has 33 heavy (non-hydrogen) atoms. The summed E-state index contributed by atoms with van der Waals surface area (Å²) in [5, 5.41) is 12.5. The molecule has 0 saturated carbocycles. The summed E-state index contributed by atoms with van der Waals surface area (Å²) >= 11 is 1.15. The Morgan fingerprint density at radius 2 is 1.88 bits per heavy atom. The number of sulfonamides is 1. The molecule has 0 bridgehead atoms. The first kappa shape index (κ1) is 23.3. The second kappa shape index (κ2) is 9.98. The Labute approximate surface area is 196 Å². The van der Waals surface area contributed by atoms with E-state index in [4.69, 9.17) is 5.21 Å². The fourth-order valence-electron chi connectivity index (χ4n) is 3.81. The zero-order valence-corrected chi connectivity index (χ0v) is 19.7. The third-order valence-corrected chi connectivity index (χ3v) is 8.47. The first-order chi connectivity index (χ1) is 15.9. The third-order valence-electron chi connectivity index (χ3n) is 5.45. The second-order valence-corrected chi connectivity index (χ2v) is 10.5. The Kier molecular flexibility index (Phi) is 7.05. The quantitative estimate of drug-likeness (QED) is 0.346. The molecule has 1 aromatic heterocycles. The number of thiazole rings is 1. The molecule has 9 nitrogen and oxygen atoms in total. The first-order valence-electron chi connectivity index (χ1n) is 10.4. The van der Waals surface area contributed by atoms with Crippen LogP contribution in [0.1, 0.15) is 15.2 Å². The monoisotopic (exact) mass is 487 g/mol. The van der Waals surface area contributed by atoms with Crippen molar-refractivity contribution in [3.05, 3.63) is 65.2 Å². The molecule has 2 aromatic carbocycles. The third kappa shape index (κ3) is 4.92. The molecule has 0 spiro atoms. The number of rotatable bonds is 7. The number of benzene rings is 2. The number of nitrogens with one attached hydrogen (secondary N) is 2. The number of anilines is 1. The van der Waals surface area contributed by atoms with E-state index in [-0.39, 0.29) is 9.77 Å². The van der Waals surface area contributed by atoms with E-state index in [0.717, 1.165) is 22.5 Å². The Balaban J connectivity index is 1.54. The topological polar surface area (TPSA) is 115 Å². The summed E-state index contributed by atoms with van der Waals surface area (Å²) in [6.07, 6.45) is 1.40. The van der Waals surface area contributed by atoms with Gasteiger partial charge in [-0.05, 0) is 30.3 Å². The highest BCUT2D eigenvalue weighted by Gasteiger charge is 2.31. The normalized spacial score (nSPS) is 14.9. The average Bonchev–Trinajstić information content (AvgIpc) is 3.34. The van der Waals surface area contributed by atoms with Crippen LogP contribution < -0.4 is 15.7 Å². The highest BCUT2D eigenvalue weighted by Crippen LogP contribution is 2.31. The lowest BCUT2D eigenvalue weighted by Crippen LogP contribution is -2.48. The van der Waals surface area contributed by atoms with Gasteiger partial charge in [0, 0.05) is 38.3 Å². The maximum Gasteiger partial charge on any atom is 0.286 e. The number of hydroxylamine groups is 1. The first-order valence-corrected chi connectivity index (χ1v) is 12.7. The minimum atomic E-state index is -3.71. The van der Waals surface area contributed by atoms with Crippen LogP contribution in [0.15, 0.2) is 59.6 Å². The number of amides is 1. The number of carbonyl (C=O) groups is 1. The van der Waals surface area contributed by atoms with E-state index < -0.39 is 15.9 Å². The van der Waals surface area contributed by atoms with Crippen molar-refractivity contribution >= 4 is 32.4 Å². The summed E-state index contributed by atoms with van der Waals surface area (Å²) in [5.74, 6) is -0.615. The van der Waals surface area contributed by atoms with Crippen LogP contribution in [-0.4, -0.2) is 62.0 Å². The SMILES string of the molecule is CNCc1cccc(-c2ccccc2S(=O)(=O)N2CCN(c3ncc(C(=O)NO)s3)CC2)c1. The van der Waals surface area contributed by atoms with Crippen molar-refractivity contribution in [2.24, 2.45) is 0 Å². The second-order valence-electron chi connectivity index (χ2n) is 7.57. The number of piperazine rings is 1. The van der Waals surface area contributed by atoms with Crippen molar-refractivity contribution in [3.63, 3.8) is 0 Å². The Bertz CT molecular complexity index is 1240. The molecule has 1 aliphatic rings. The number of carbonyl (C=O) groups excluding carboxylic acids is 1. The van der Waals surface area contributed by atoms with Gasteiger partial charge in [0.15, 0.2) is 5.13 Å². The van der Waals surface area contributed by atoms with Crippen LogP contribution in [0.5, 0.6) is 0 Å². The molecule has 0 radical (unpaired) electrons. The van der Waals surface area contributed by atoms with Gasteiger partial charge in [0.25, 0.3) is 5.91 Å². The van der Waals surface area contributed by atoms with E-state index in [2.05, 4.69) is 10.3 Å². The summed E-state index contributed by atoms with van der Waals surface area (Å²) in [6, 6.07) is 15.0. The van der Waals surface area contributed by atoms with Crippen molar-refractivity contribution in [2.45, 2.75) is 11.4 Å². The molecular weight excluding hydrogens is 462 g/mol. The van der Waals surface area contributed by atoms with E-state index >= 15 is 0 Å². The summed E-state index contributed by atoms with van der Waals surface area (Å²) in [5.41, 5.74) is 4.21. The fourth-order valence-corrected chi connectivity index (χ4v) is 6.31. The van der Waals surface area contributed by atoms with Crippen LogP contribution in [0.3, 0.4) is 0 Å². The molecule has 1 amide bonds. The maximum atomic E-state index is 13.6. The summed E-state index contributed by atoms with van der Waals surface area (Å²) in [6.45, 7) is 2.21. The molecular formula is C22H25N5O4S2. The number of aromatic nitrogens is 1. The number of hydrogen-bond donors (Lipinski definition) is 3. The van der Waals surface area contributed by atoms with E-state index in [1.54, 1.807) is 17.6 Å². The van der Waals surface area contributed by atoms with Crippen LogP contribution in [0.4, 0.5) is 5.13 Å². The lowest BCUT2D eigenvalue weighted by molar-refractivity contribution is 0.0710. The zero-order chi connectivity index (χ0) is 23.4. The molecule has 3 N–H and O–H groups in total. The molecule has 4 rings (SSSR count). The number of nitrogens with zero attached hydrogens (tertiary/aromatic N) is 3. The Morgan fingerprint density at radius 3 is 2.61 bits per heavy atom. The molecule has 1 fully saturated rings. The summed E-state index contributed by atoms with van der Waals surface area (Å²) in [7, 11) is -1.83. The van der Waals surface area contributed by atoms with E-state index in [0.29, 0.717) is 43.4 Å². The molecule has 0 atom stereocenters. The van der Waals surface area contributed by atoms with Crippen molar-refractivity contribution < 1.29 is 18.4 Å². The maximum absolute atomic E-state index is 13.6. The van der Waals surface area contributed by atoms with Crippen LogP contribution in [0.2, 0.25) is 0 Å². The molecule has 11 heteroatoms. The Hall–Kier alpha value is -2.83. The van der Waals surface area contributed by atoms with Crippen molar-refractivity contribution in [3.8, 4) is 11.1 Å². The van der Waals surface area contributed by atoms with Crippen molar-refractivity contribution in [1.29, 1.82) is 0 Å². The summed E-state index contributed by atoms with van der Waals surface area (Å²) < 4.78 is 28.6. The van der Waals surface area contributed by atoms with Crippen molar-refractivity contribution in [2.75, 3.05) is 38.1 Å². The van der Waals surface area contributed by atoms with Crippen LogP contribution in [-0.2, 0) is 16.6 Å². The highest BCUT2D eigenvalue weighted by molar-refractivity contribution is 7.89. The molecule has 1 saturated heterocycles. The van der Waals surface area contributed by atoms with Gasteiger partial charge in [-0.1, -0.05) is 47.7 Å². The van der Waals surface area contributed by atoms with Crippen LogP contribution in [0, 0.1) is 0 Å². The van der Waals surface area contributed by atoms with Gasteiger partial charge in [-0.25, -0.2) is 18.9 Å². The largest absolute Gasteiger partial charge is 0.345 e. The van der Waals surface area contributed by atoms with Gasteiger partial charge in [0.2, 0.25) is 10.0 Å². The predicted molar refractivity (Wildman–Crippen MR) is 127 cm³/mol. The zero-order valence-electron chi connectivity index (χ0n) is 18.1. The fraction of sp³-hybridized carbons (Fsp3) is 0.273. The Morgan fingerprint density at radius 1 is 1.12 bits per heavy atom. The van der Waals surface area contributed by atoms with Crippen LogP contribution in [0.25, 0.3) is 11.1 Å². The van der Waals surface area contributed by atoms with Crippen molar-refractivity contribution in [1.82, 2.24) is 20.1 Å². The van der Waals surface area contributed by atoms with E-state index in [1.165, 1.54) is 10.5 Å². The average molecular weight is 488 g/mol. The van der Waals surface area contributed by atoms with Gasteiger partial charge in [-0.15, -0.1) is 0 Å². The molecule has 1 aliphatic heterocycles. The van der Waals surface area contributed by atoms with Gasteiger partial charge in [-0.2, -0.15) is 4.31 Å². The lowest BCUT2D eigenvalue weighted by atomic mass is 10.0. The highest BCUT2D eigenvalue weighted by atomic mass is 32.2. The molecule has 2 heterocycles. The summed E-state index contributed by atoms with van der Waals surface area (Å²) in [4.78, 5) is 18.3. The standard InChI is InChI=1S/C22H25N5O4S2/c1-23-14-16-5-4-6-17(13-16)18-7-2-3-8-20(18)33(30,31)27-11-9-26(10-12-27)22-24-15-19(32-22)21(28)25-29/h2-8,13,15,23,29H,9-12,14H2,1H3,(H,25,28). The molecule has 0 unspecified atom stereocenters.